The van der Waals surface area contributed by atoms with Gasteiger partial charge in [-0.15, -0.1) is 0 Å². The number of amides is 3. The van der Waals surface area contributed by atoms with Crippen molar-refractivity contribution < 1.29 is 14.3 Å². The van der Waals surface area contributed by atoms with Gasteiger partial charge in [0.2, 0.25) is 5.91 Å². The molecule has 0 heterocycles. The molecule has 0 spiro atoms. The molecule has 1 rings (SSSR count). The number of imide groups is 1. The van der Waals surface area contributed by atoms with E-state index in [0.29, 0.717) is 13.2 Å². The SMILES string of the molecule is CC(=O)N(CCN)C(=O)NCCOc1ccccc1. The van der Waals surface area contributed by atoms with Crippen LogP contribution in [-0.2, 0) is 4.79 Å². The fourth-order valence-corrected chi connectivity index (χ4v) is 1.47. The number of hydrogen-bond acceptors (Lipinski definition) is 4. The number of nitrogens with one attached hydrogen (secondary N) is 1. The van der Waals surface area contributed by atoms with Gasteiger partial charge in [-0.1, -0.05) is 18.2 Å². The summed E-state index contributed by atoms with van der Waals surface area (Å²) < 4.78 is 5.41. The summed E-state index contributed by atoms with van der Waals surface area (Å²) in [5.41, 5.74) is 5.34. The van der Waals surface area contributed by atoms with Gasteiger partial charge in [0, 0.05) is 20.0 Å². The van der Waals surface area contributed by atoms with Gasteiger partial charge in [0.05, 0.1) is 6.54 Å². The van der Waals surface area contributed by atoms with Crippen molar-refractivity contribution in [3.63, 3.8) is 0 Å². The molecule has 0 radical (unpaired) electrons. The molecular weight excluding hydrogens is 246 g/mol. The van der Waals surface area contributed by atoms with Crippen molar-refractivity contribution in [2.24, 2.45) is 5.73 Å². The van der Waals surface area contributed by atoms with Crippen molar-refractivity contribution in [3.8, 4) is 5.75 Å². The smallest absolute Gasteiger partial charge is 0.324 e. The zero-order valence-corrected chi connectivity index (χ0v) is 11.0. The third-order valence-corrected chi connectivity index (χ3v) is 2.37. The first-order valence-electron chi connectivity index (χ1n) is 6.09. The van der Waals surface area contributed by atoms with Gasteiger partial charge in [-0.05, 0) is 12.1 Å². The highest BCUT2D eigenvalue weighted by atomic mass is 16.5. The fraction of sp³-hybridized carbons (Fsp3) is 0.385. The summed E-state index contributed by atoms with van der Waals surface area (Å²) >= 11 is 0. The van der Waals surface area contributed by atoms with Gasteiger partial charge in [-0.25, -0.2) is 4.79 Å². The van der Waals surface area contributed by atoms with E-state index in [4.69, 9.17) is 10.5 Å². The summed E-state index contributed by atoms with van der Waals surface area (Å²) in [7, 11) is 0. The number of para-hydroxylation sites is 1. The van der Waals surface area contributed by atoms with E-state index in [2.05, 4.69) is 5.32 Å². The van der Waals surface area contributed by atoms with E-state index >= 15 is 0 Å². The van der Waals surface area contributed by atoms with Crippen molar-refractivity contribution in [2.45, 2.75) is 6.92 Å². The van der Waals surface area contributed by atoms with Crippen molar-refractivity contribution >= 4 is 11.9 Å². The van der Waals surface area contributed by atoms with Crippen molar-refractivity contribution in [1.29, 1.82) is 0 Å². The molecule has 1 aromatic carbocycles. The predicted molar refractivity (Wildman–Crippen MR) is 71.8 cm³/mol. The zero-order chi connectivity index (χ0) is 14.1. The molecule has 0 atom stereocenters. The summed E-state index contributed by atoms with van der Waals surface area (Å²) in [6, 6.07) is 8.84. The fourth-order valence-electron chi connectivity index (χ4n) is 1.47. The highest BCUT2D eigenvalue weighted by Crippen LogP contribution is 2.07. The maximum atomic E-state index is 11.7. The number of urea groups is 1. The quantitative estimate of drug-likeness (QED) is 0.737. The molecule has 6 nitrogen and oxygen atoms in total. The number of rotatable bonds is 6. The van der Waals surface area contributed by atoms with Crippen LogP contribution in [0, 0.1) is 0 Å². The summed E-state index contributed by atoms with van der Waals surface area (Å²) in [6.07, 6.45) is 0. The van der Waals surface area contributed by atoms with Crippen LogP contribution in [0.5, 0.6) is 5.75 Å². The Bertz CT molecular complexity index is 409. The Morgan fingerprint density at radius 2 is 2.00 bits per heavy atom. The van der Waals surface area contributed by atoms with Gasteiger partial charge < -0.3 is 15.8 Å². The second kappa shape index (κ2) is 8.10. The normalized spacial score (nSPS) is 9.79. The standard InChI is InChI=1S/C13H19N3O3/c1-11(17)16(9-7-14)13(18)15-8-10-19-12-5-3-2-4-6-12/h2-6H,7-10,14H2,1H3,(H,15,18). The molecule has 3 amide bonds. The minimum Gasteiger partial charge on any atom is -0.492 e. The average molecular weight is 265 g/mol. The number of ether oxygens (including phenoxy) is 1. The molecule has 0 saturated heterocycles. The second-order valence-corrected chi connectivity index (χ2v) is 3.85. The Morgan fingerprint density at radius 1 is 1.32 bits per heavy atom. The molecule has 0 bridgehead atoms. The largest absolute Gasteiger partial charge is 0.492 e. The molecule has 6 heteroatoms. The minimum atomic E-state index is -0.449. The summed E-state index contributed by atoms with van der Waals surface area (Å²) in [5.74, 6) is 0.411. The second-order valence-electron chi connectivity index (χ2n) is 3.85. The van der Waals surface area contributed by atoms with E-state index < -0.39 is 6.03 Å². The number of benzene rings is 1. The molecule has 0 aliphatic carbocycles. The summed E-state index contributed by atoms with van der Waals surface area (Å²) in [6.45, 7) is 2.44. The molecule has 0 aliphatic rings. The van der Waals surface area contributed by atoms with Gasteiger partial charge >= 0.3 is 6.03 Å². The third-order valence-electron chi connectivity index (χ3n) is 2.37. The Balaban J connectivity index is 2.28. The number of nitrogens with two attached hydrogens (primary N) is 1. The molecule has 0 saturated carbocycles. The molecule has 0 fully saturated rings. The Labute approximate surface area is 112 Å². The van der Waals surface area contributed by atoms with Gasteiger partial charge in [-0.3, -0.25) is 9.69 Å². The van der Waals surface area contributed by atoms with Crippen LogP contribution in [0.3, 0.4) is 0 Å². The maximum Gasteiger partial charge on any atom is 0.324 e. The first kappa shape index (κ1) is 15.0. The van der Waals surface area contributed by atoms with Crippen LogP contribution < -0.4 is 15.8 Å². The number of hydrogen-bond donors (Lipinski definition) is 2. The molecule has 1 aromatic rings. The highest BCUT2D eigenvalue weighted by molar-refractivity contribution is 5.93. The molecule has 104 valence electrons. The van der Waals surface area contributed by atoms with Crippen molar-refractivity contribution in [3.05, 3.63) is 30.3 Å². The first-order chi connectivity index (χ1) is 9.15. The van der Waals surface area contributed by atoms with E-state index in [1.54, 1.807) is 0 Å². The maximum absolute atomic E-state index is 11.7. The lowest BCUT2D eigenvalue weighted by molar-refractivity contribution is -0.125. The topological polar surface area (TPSA) is 84.7 Å². The van der Waals surface area contributed by atoms with E-state index in [9.17, 15) is 9.59 Å². The van der Waals surface area contributed by atoms with E-state index in [1.165, 1.54) is 6.92 Å². The molecule has 0 aromatic heterocycles. The van der Waals surface area contributed by atoms with E-state index in [-0.39, 0.29) is 19.0 Å². The molecule has 0 aliphatic heterocycles. The molecule has 3 N–H and O–H groups in total. The van der Waals surface area contributed by atoms with Crippen molar-refractivity contribution in [1.82, 2.24) is 10.2 Å². The predicted octanol–water partition coefficient (Wildman–Crippen LogP) is 0.582. The lowest BCUT2D eigenvalue weighted by atomic mass is 10.3. The van der Waals surface area contributed by atoms with E-state index in [0.717, 1.165) is 10.6 Å². The van der Waals surface area contributed by atoms with Crippen LogP contribution in [0.4, 0.5) is 4.79 Å². The van der Waals surface area contributed by atoms with Crippen LogP contribution in [0.2, 0.25) is 0 Å². The Kier molecular flexibility index (Phi) is 6.38. The third kappa shape index (κ3) is 5.39. The average Bonchev–Trinajstić information content (AvgIpc) is 2.41. The molecule has 19 heavy (non-hydrogen) atoms. The highest BCUT2D eigenvalue weighted by Gasteiger charge is 2.15. The van der Waals surface area contributed by atoms with E-state index in [1.807, 2.05) is 30.3 Å². The van der Waals surface area contributed by atoms with Gasteiger partial charge in [0.1, 0.15) is 12.4 Å². The molecular formula is C13H19N3O3. The van der Waals surface area contributed by atoms with Crippen LogP contribution >= 0.6 is 0 Å². The number of carbonyl (C=O) groups excluding carboxylic acids is 2. The van der Waals surface area contributed by atoms with Crippen LogP contribution in [0.25, 0.3) is 0 Å². The Morgan fingerprint density at radius 3 is 2.58 bits per heavy atom. The zero-order valence-electron chi connectivity index (χ0n) is 11.0. The summed E-state index contributed by atoms with van der Waals surface area (Å²) in [5, 5.41) is 2.60. The van der Waals surface area contributed by atoms with Crippen LogP contribution in [0.1, 0.15) is 6.92 Å². The van der Waals surface area contributed by atoms with Gasteiger partial charge in [0.15, 0.2) is 0 Å². The lowest BCUT2D eigenvalue weighted by Crippen LogP contribution is -2.46. The monoisotopic (exact) mass is 265 g/mol. The molecule has 0 unspecified atom stereocenters. The van der Waals surface area contributed by atoms with Crippen LogP contribution in [-0.4, -0.2) is 43.1 Å². The lowest BCUT2D eigenvalue weighted by Gasteiger charge is -2.18. The minimum absolute atomic E-state index is 0.209. The van der Waals surface area contributed by atoms with Gasteiger partial charge in [0.25, 0.3) is 0 Å². The number of nitrogens with zero attached hydrogens (tertiary/aromatic N) is 1. The first-order valence-corrected chi connectivity index (χ1v) is 6.09. The van der Waals surface area contributed by atoms with Gasteiger partial charge in [-0.2, -0.15) is 0 Å². The van der Waals surface area contributed by atoms with Crippen molar-refractivity contribution in [2.75, 3.05) is 26.2 Å². The van der Waals surface area contributed by atoms with Crippen LogP contribution in [0.15, 0.2) is 30.3 Å². The summed E-state index contributed by atoms with van der Waals surface area (Å²) in [4.78, 5) is 23.9. The number of carbonyl (C=O) groups is 2. The Hall–Kier alpha value is -2.08.